The molecule has 1 heterocycles. The summed E-state index contributed by atoms with van der Waals surface area (Å²) < 4.78 is 10.6. The highest BCUT2D eigenvalue weighted by Gasteiger charge is 2.08. The number of nitrogens with one attached hydrogen (secondary N) is 2. The van der Waals surface area contributed by atoms with Crippen molar-refractivity contribution < 1.29 is 9.47 Å². The highest BCUT2D eigenvalue weighted by atomic mass is 16.5. The first-order valence-corrected chi connectivity index (χ1v) is 6.75. The Balaban J connectivity index is 2.32. The normalized spacial score (nSPS) is 10.1. The molecule has 0 saturated carbocycles. The first kappa shape index (κ1) is 14.9. The van der Waals surface area contributed by atoms with Gasteiger partial charge in [-0.2, -0.15) is 0 Å². The van der Waals surface area contributed by atoms with Crippen LogP contribution < -0.4 is 20.1 Å². The number of hydrogen-bond donors (Lipinski definition) is 2. The van der Waals surface area contributed by atoms with Crippen LogP contribution in [0.25, 0.3) is 0 Å². The van der Waals surface area contributed by atoms with Gasteiger partial charge in [0, 0.05) is 18.7 Å². The maximum atomic E-state index is 5.35. The Morgan fingerprint density at radius 2 is 1.81 bits per heavy atom. The number of methoxy groups -OCH3 is 2. The van der Waals surface area contributed by atoms with E-state index < -0.39 is 0 Å². The number of rotatable bonds is 6. The molecule has 112 valence electrons. The van der Waals surface area contributed by atoms with Crippen LogP contribution in [0.2, 0.25) is 0 Å². The van der Waals surface area contributed by atoms with Crippen LogP contribution in [0.5, 0.6) is 11.5 Å². The van der Waals surface area contributed by atoms with Crippen molar-refractivity contribution in [3.05, 3.63) is 30.1 Å². The van der Waals surface area contributed by atoms with Crippen LogP contribution in [0.1, 0.15) is 12.7 Å². The predicted octanol–water partition coefficient (Wildman–Crippen LogP) is 2.98. The first-order valence-electron chi connectivity index (χ1n) is 6.75. The van der Waals surface area contributed by atoms with Gasteiger partial charge in [-0.05, 0) is 26.0 Å². The number of hydrogen-bond acceptors (Lipinski definition) is 6. The maximum Gasteiger partial charge on any atom is 0.142 e. The van der Waals surface area contributed by atoms with Crippen molar-refractivity contribution >= 4 is 17.3 Å². The van der Waals surface area contributed by atoms with Crippen molar-refractivity contribution in [1.29, 1.82) is 0 Å². The van der Waals surface area contributed by atoms with Gasteiger partial charge in [-0.1, -0.05) is 0 Å². The summed E-state index contributed by atoms with van der Waals surface area (Å²) in [5.74, 6) is 3.64. The van der Waals surface area contributed by atoms with E-state index in [0.29, 0.717) is 11.6 Å². The van der Waals surface area contributed by atoms with E-state index in [1.165, 1.54) is 0 Å². The SMILES string of the molecule is CCNc1cc(Nc2cc(OC)ccc2OC)nc(C)n1. The van der Waals surface area contributed by atoms with E-state index >= 15 is 0 Å². The van der Waals surface area contributed by atoms with Crippen LogP contribution >= 0.6 is 0 Å². The molecule has 1 aromatic carbocycles. The van der Waals surface area contributed by atoms with E-state index in [1.807, 2.05) is 38.1 Å². The minimum Gasteiger partial charge on any atom is -0.497 e. The third kappa shape index (κ3) is 3.75. The Kier molecular flexibility index (Phi) is 4.81. The molecule has 0 bridgehead atoms. The van der Waals surface area contributed by atoms with Crippen molar-refractivity contribution in [2.75, 3.05) is 31.4 Å². The van der Waals surface area contributed by atoms with Crippen LogP contribution in [-0.4, -0.2) is 30.7 Å². The smallest absolute Gasteiger partial charge is 0.142 e. The molecule has 0 spiro atoms. The average molecular weight is 288 g/mol. The quantitative estimate of drug-likeness (QED) is 0.851. The molecule has 0 amide bonds. The molecule has 2 aromatic rings. The Labute approximate surface area is 124 Å². The van der Waals surface area contributed by atoms with Gasteiger partial charge in [0.25, 0.3) is 0 Å². The molecule has 21 heavy (non-hydrogen) atoms. The molecule has 0 unspecified atom stereocenters. The van der Waals surface area contributed by atoms with Gasteiger partial charge in [0.2, 0.25) is 0 Å². The van der Waals surface area contributed by atoms with Gasteiger partial charge in [0.15, 0.2) is 0 Å². The molecular weight excluding hydrogens is 268 g/mol. The second kappa shape index (κ2) is 6.78. The second-order valence-corrected chi connectivity index (χ2v) is 4.41. The number of ether oxygens (including phenoxy) is 2. The van der Waals surface area contributed by atoms with Crippen molar-refractivity contribution in [2.45, 2.75) is 13.8 Å². The zero-order valence-electron chi connectivity index (χ0n) is 12.7. The maximum absolute atomic E-state index is 5.35. The lowest BCUT2D eigenvalue weighted by Gasteiger charge is -2.13. The van der Waals surface area contributed by atoms with Crippen molar-refractivity contribution in [3.8, 4) is 11.5 Å². The van der Waals surface area contributed by atoms with E-state index in [0.717, 1.165) is 29.5 Å². The van der Waals surface area contributed by atoms with Crippen molar-refractivity contribution in [1.82, 2.24) is 9.97 Å². The molecule has 0 aliphatic rings. The summed E-state index contributed by atoms with van der Waals surface area (Å²) in [6.07, 6.45) is 0. The lowest BCUT2D eigenvalue weighted by molar-refractivity contribution is 0.405. The first-order chi connectivity index (χ1) is 10.2. The van der Waals surface area contributed by atoms with Gasteiger partial charge in [-0.15, -0.1) is 0 Å². The summed E-state index contributed by atoms with van der Waals surface area (Å²) in [6.45, 7) is 4.68. The number of anilines is 3. The zero-order valence-corrected chi connectivity index (χ0v) is 12.7. The van der Waals surface area contributed by atoms with Crippen LogP contribution in [0.3, 0.4) is 0 Å². The molecule has 0 saturated heterocycles. The molecule has 2 rings (SSSR count). The second-order valence-electron chi connectivity index (χ2n) is 4.41. The third-order valence-corrected chi connectivity index (χ3v) is 2.87. The van der Waals surface area contributed by atoms with E-state index in [4.69, 9.17) is 9.47 Å². The van der Waals surface area contributed by atoms with Gasteiger partial charge in [-0.25, -0.2) is 9.97 Å². The van der Waals surface area contributed by atoms with Gasteiger partial charge < -0.3 is 20.1 Å². The molecule has 0 fully saturated rings. The standard InChI is InChI=1S/C15H20N4O2/c1-5-16-14-9-15(18-10(2)17-14)19-12-8-11(20-3)6-7-13(12)21-4/h6-9H,5H2,1-4H3,(H2,16,17,18,19). The summed E-state index contributed by atoms with van der Waals surface area (Å²) >= 11 is 0. The lowest BCUT2D eigenvalue weighted by atomic mass is 10.2. The highest BCUT2D eigenvalue weighted by Crippen LogP contribution is 2.31. The van der Waals surface area contributed by atoms with Crippen LogP contribution in [0, 0.1) is 6.92 Å². The minimum absolute atomic E-state index is 0.692. The summed E-state index contributed by atoms with van der Waals surface area (Å²) in [6, 6.07) is 7.42. The molecule has 0 radical (unpaired) electrons. The predicted molar refractivity (Wildman–Crippen MR) is 83.8 cm³/mol. The van der Waals surface area contributed by atoms with E-state index in [2.05, 4.69) is 20.6 Å². The molecule has 6 nitrogen and oxygen atoms in total. The van der Waals surface area contributed by atoms with E-state index in [1.54, 1.807) is 14.2 Å². The van der Waals surface area contributed by atoms with Crippen LogP contribution in [0.4, 0.5) is 17.3 Å². The number of aryl methyl sites for hydroxylation is 1. The summed E-state index contributed by atoms with van der Waals surface area (Å²) in [7, 11) is 3.26. The fourth-order valence-electron chi connectivity index (χ4n) is 1.95. The number of aromatic nitrogens is 2. The Morgan fingerprint density at radius 3 is 2.48 bits per heavy atom. The summed E-state index contributed by atoms with van der Waals surface area (Å²) in [5.41, 5.74) is 0.789. The largest absolute Gasteiger partial charge is 0.497 e. The third-order valence-electron chi connectivity index (χ3n) is 2.87. The van der Waals surface area contributed by atoms with Crippen LogP contribution in [-0.2, 0) is 0 Å². The Hall–Kier alpha value is -2.50. The fraction of sp³-hybridized carbons (Fsp3) is 0.333. The summed E-state index contributed by atoms with van der Waals surface area (Å²) in [5, 5.41) is 6.42. The molecule has 0 aliphatic heterocycles. The number of nitrogens with zero attached hydrogens (tertiary/aromatic N) is 2. The van der Waals surface area contributed by atoms with Crippen LogP contribution in [0.15, 0.2) is 24.3 Å². The molecular formula is C15H20N4O2. The van der Waals surface area contributed by atoms with E-state index in [-0.39, 0.29) is 0 Å². The topological polar surface area (TPSA) is 68.3 Å². The van der Waals surface area contributed by atoms with Crippen molar-refractivity contribution in [2.24, 2.45) is 0 Å². The van der Waals surface area contributed by atoms with Gasteiger partial charge in [0.05, 0.1) is 19.9 Å². The molecule has 2 N–H and O–H groups in total. The van der Waals surface area contributed by atoms with Gasteiger partial charge in [0.1, 0.15) is 29.0 Å². The van der Waals surface area contributed by atoms with Gasteiger partial charge in [-0.3, -0.25) is 0 Å². The fourth-order valence-corrected chi connectivity index (χ4v) is 1.95. The number of benzene rings is 1. The Bertz CT molecular complexity index is 617. The molecule has 0 atom stereocenters. The highest BCUT2D eigenvalue weighted by molar-refractivity contribution is 5.67. The van der Waals surface area contributed by atoms with E-state index in [9.17, 15) is 0 Å². The zero-order chi connectivity index (χ0) is 15.2. The molecule has 1 aromatic heterocycles. The Morgan fingerprint density at radius 1 is 1.05 bits per heavy atom. The lowest BCUT2D eigenvalue weighted by Crippen LogP contribution is -2.04. The monoisotopic (exact) mass is 288 g/mol. The average Bonchev–Trinajstić information content (AvgIpc) is 2.47. The molecule has 0 aliphatic carbocycles. The van der Waals surface area contributed by atoms with Crippen molar-refractivity contribution in [3.63, 3.8) is 0 Å². The molecule has 6 heteroatoms. The van der Waals surface area contributed by atoms with Gasteiger partial charge >= 0.3 is 0 Å². The summed E-state index contributed by atoms with van der Waals surface area (Å²) in [4.78, 5) is 8.71. The minimum atomic E-state index is 0.692.